The quantitative estimate of drug-likeness (QED) is 0.590. The van der Waals surface area contributed by atoms with Crippen LogP contribution in [-0.4, -0.2) is 21.7 Å². The van der Waals surface area contributed by atoms with Gasteiger partial charge in [0.05, 0.1) is 11.8 Å². The Morgan fingerprint density at radius 3 is 3.08 bits per heavy atom. The standard InChI is InChI=1S/C19H16FN3O/c20-19-18(14-5-3-11-21-12-14)24-17(23-19)10-9-15-8-7-13-4-1-2-6-16(13)22-15/h3,5,7,11-12,16H,1-2,4,6,8H2. The number of aliphatic imine (C=N–C) groups is 1. The highest BCUT2D eigenvalue weighted by molar-refractivity contribution is 6.02. The van der Waals surface area contributed by atoms with E-state index in [9.17, 15) is 4.39 Å². The molecule has 0 N–H and O–H groups in total. The van der Waals surface area contributed by atoms with Gasteiger partial charge in [0.1, 0.15) is 0 Å². The molecule has 1 saturated carbocycles. The lowest BCUT2D eigenvalue weighted by Crippen LogP contribution is -2.19. The van der Waals surface area contributed by atoms with Crippen LogP contribution in [0.2, 0.25) is 0 Å². The lowest BCUT2D eigenvalue weighted by Gasteiger charge is -2.25. The van der Waals surface area contributed by atoms with Gasteiger partial charge in [0.15, 0.2) is 5.76 Å². The molecule has 0 radical (unpaired) electrons. The number of fused-ring (bicyclic) bond motifs is 1. The van der Waals surface area contributed by atoms with Gasteiger partial charge in [0.25, 0.3) is 11.8 Å². The summed E-state index contributed by atoms with van der Waals surface area (Å²) in [4.78, 5) is 12.4. The van der Waals surface area contributed by atoms with Crippen LogP contribution in [-0.2, 0) is 0 Å². The highest BCUT2D eigenvalue weighted by Gasteiger charge is 2.21. The fourth-order valence-corrected chi connectivity index (χ4v) is 3.11. The summed E-state index contributed by atoms with van der Waals surface area (Å²) >= 11 is 0. The van der Waals surface area contributed by atoms with Crippen molar-refractivity contribution in [1.29, 1.82) is 0 Å². The van der Waals surface area contributed by atoms with Crippen LogP contribution in [0.15, 0.2) is 45.6 Å². The molecule has 2 aromatic rings. The Labute approximate surface area is 139 Å². The number of halogens is 1. The van der Waals surface area contributed by atoms with E-state index in [1.165, 1.54) is 24.6 Å². The second-order valence-electron chi connectivity index (χ2n) is 5.95. The molecular weight excluding hydrogens is 305 g/mol. The van der Waals surface area contributed by atoms with Crippen molar-refractivity contribution < 1.29 is 8.81 Å². The van der Waals surface area contributed by atoms with E-state index in [4.69, 9.17) is 9.41 Å². The van der Waals surface area contributed by atoms with Crippen LogP contribution in [0, 0.1) is 17.8 Å². The number of aromatic nitrogens is 2. The zero-order chi connectivity index (χ0) is 16.4. The highest BCUT2D eigenvalue weighted by atomic mass is 19.1. The Hall–Kier alpha value is -2.74. The van der Waals surface area contributed by atoms with Gasteiger partial charge in [-0.05, 0) is 48.8 Å². The fourth-order valence-electron chi connectivity index (χ4n) is 3.11. The van der Waals surface area contributed by atoms with Crippen molar-refractivity contribution in [1.82, 2.24) is 9.97 Å². The second-order valence-corrected chi connectivity index (χ2v) is 5.95. The monoisotopic (exact) mass is 321 g/mol. The van der Waals surface area contributed by atoms with E-state index in [0.717, 1.165) is 25.0 Å². The lowest BCUT2D eigenvalue weighted by atomic mass is 9.87. The molecule has 1 aliphatic carbocycles. The third-order valence-electron chi connectivity index (χ3n) is 4.31. The predicted molar refractivity (Wildman–Crippen MR) is 89.0 cm³/mol. The largest absolute Gasteiger partial charge is 0.427 e. The van der Waals surface area contributed by atoms with Gasteiger partial charge in [-0.15, -0.1) is 0 Å². The Bertz CT molecular complexity index is 871. The van der Waals surface area contributed by atoms with E-state index in [-0.39, 0.29) is 17.7 Å². The molecule has 1 unspecified atom stereocenters. The number of allylic oxidation sites excluding steroid dienone is 1. The molecule has 4 nitrogen and oxygen atoms in total. The molecule has 1 fully saturated rings. The molecule has 1 atom stereocenters. The maximum Gasteiger partial charge on any atom is 0.276 e. The fraction of sp³-hybridized carbons (Fsp3) is 0.316. The normalized spacial score (nSPS) is 19.6. The van der Waals surface area contributed by atoms with Gasteiger partial charge in [0, 0.05) is 24.4 Å². The first-order chi connectivity index (χ1) is 11.8. The summed E-state index contributed by atoms with van der Waals surface area (Å²) in [7, 11) is 0. The number of oxazole rings is 1. The van der Waals surface area contributed by atoms with Crippen LogP contribution in [0.4, 0.5) is 4.39 Å². The molecular formula is C19H16FN3O. The minimum absolute atomic E-state index is 0.0624. The van der Waals surface area contributed by atoms with Gasteiger partial charge in [-0.25, -0.2) is 0 Å². The summed E-state index contributed by atoms with van der Waals surface area (Å²) < 4.78 is 19.4. The number of hydrogen-bond donors (Lipinski definition) is 0. The van der Waals surface area contributed by atoms with Gasteiger partial charge >= 0.3 is 0 Å². The van der Waals surface area contributed by atoms with Crippen LogP contribution in [0.3, 0.4) is 0 Å². The summed E-state index contributed by atoms with van der Waals surface area (Å²) in [5, 5.41) is 0. The Morgan fingerprint density at radius 2 is 2.21 bits per heavy atom. The van der Waals surface area contributed by atoms with E-state index >= 15 is 0 Å². The van der Waals surface area contributed by atoms with Crippen LogP contribution >= 0.6 is 0 Å². The highest BCUT2D eigenvalue weighted by Crippen LogP contribution is 2.29. The van der Waals surface area contributed by atoms with E-state index in [1.54, 1.807) is 18.3 Å². The molecule has 4 rings (SSSR count). The maximum atomic E-state index is 13.9. The van der Waals surface area contributed by atoms with Gasteiger partial charge in [-0.1, -0.05) is 12.5 Å². The first-order valence-electron chi connectivity index (χ1n) is 8.14. The van der Waals surface area contributed by atoms with Crippen LogP contribution in [0.5, 0.6) is 0 Å². The lowest BCUT2D eigenvalue weighted by molar-refractivity contribution is 0.532. The summed E-state index contributed by atoms with van der Waals surface area (Å²) in [6.07, 6.45) is 10.8. The molecule has 1 aliphatic heterocycles. The molecule has 0 saturated heterocycles. The van der Waals surface area contributed by atoms with E-state index in [0.29, 0.717) is 5.56 Å². The molecule has 0 amide bonds. The van der Waals surface area contributed by atoms with Crippen molar-refractivity contribution in [2.45, 2.75) is 38.1 Å². The molecule has 0 aromatic carbocycles. The molecule has 2 aromatic heterocycles. The van der Waals surface area contributed by atoms with Crippen molar-refractivity contribution in [3.8, 4) is 23.2 Å². The van der Waals surface area contributed by atoms with Crippen LogP contribution < -0.4 is 0 Å². The molecule has 120 valence electrons. The zero-order valence-corrected chi connectivity index (χ0v) is 13.1. The topological polar surface area (TPSA) is 51.3 Å². The van der Waals surface area contributed by atoms with E-state index in [1.807, 2.05) is 0 Å². The van der Waals surface area contributed by atoms with Gasteiger partial charge < -0.3 is 4.42 Å². The number of pyridine rings is 1. The summed E-state index contributed by atoms with van der Waals surface area (Å²) in [5.74, 6) is 5.22. The van der Waals surface area contributed by atoms with Crippen LogP contribution in [0.25, 0.3) is 11.3 Å². The minimum Gasteiger partial charge on any atom is -0.427 e. The number of nitrogens with zero attached hydrogens (tertiary/aromatic N) is 3. The third-order valence-corrected chi connectivity index (χ3v) is 4.31. The van der Waals surface area contributed by atoms with Gasteiger partial charge in [0.2, 0.25) is 0 Å². The van der Waals surface area contributed by atoms with Crippen molar-refractivity contribution in [3.05, 3.63) is 48.0 Å². The summed E-state index contributed by atoms with van der Waals surface area (Å²) in [5.41, 5.74) is 2.79. The zero-order valence-electron chi connectivity index (χ0n) is 13.1. The molecule has 0 bridgehead atoms. The van der Waals surface area contributed by atoms with Crippen molar-refractivity contribution in [2.75, 3.05) is 0 Å². The van der Waals surface area contributed by atoms with Crippen LogP contribution in [0.1, 0.15) is 38.0 Å². The molecule has 24 heavy (non-hydrogen) atoms. The summed E-state index contributed by atoms with van der Waals surface area (Å²) in [6, 6.07) is 3.71. The number of rotatable bonds is 1. The minimum atomic E-state index is -0.674. The maximum absolute atomic E-state index is 13.9. The second kappa shape index (κ2) is 6.40. The summed E-state index contributed by atoms with van der Waals surface area (Å²) in [6.45, 7) is 0. The Morgan fingerprint density at radius 1 is 1.25 bits per heavy atom. The SMILES string of the molecule is Fc1nc(C#CC2=NC3CCCCC3=CC2)oc1-c1cccnc1. The molecule has 3 heterocycles. The average Bonchev–Trinajstić information content (AvgIpc) is 3.01. The third kappa shape index (κ3) is 3.00. The number of dihydropyridines is 1. The van der Waals surface area contributed by atoms with Gasteiger partial charge in [-0.2, -0.15) is 9.37 Å². The van der Waals surface area contributed by atoms with Crippen molar-refractivity contribution in [2.24, 2.45) is 4.99 Å². The molecule has 2 aliphatic rings. The Kier molecular flexibility index (Phi) is 3.96. The Balaban J connectivity index is 1.55. The predicted octanol–water partition coefficient (Wildman–Crippen LogP) is 3.94. The van der Waals surface area contributed by atoms with Crippen molar-refractivity contribution in [3.63, 3.8) is 0 Å². The molecule has 5 heteroatoms. The average molecular weight is 321 g/mol. The first kappa shape index (κ1) is 14.8. The van der Waals surface area contributed by atoms with Gasteiger partial charge in [-0.3, -0.25) is 9.98 Å². The smallest absolute Gasteiger partial charge is 0.276 e. The number of hydrogen-bond acceptors (Lipinski definition) is 4. The molecule has 0 spiro atoms. The van der Waals surface area contributed by atoms with E-state index < -0.39 is 5.95 Å². The van der Waals surface area contributed by atoms with Crippen molar-refractivity contribution >= 4 is 5.71 Å². The first-order valence-corrected chi connectivity index (χ1v) is 8.14. The van der Waals surface area contributed by atoms with E-state index in [2.05, 4.69) is 27.9 Å².